The molecule has 4 nitrogen and oxygen atoms in total. The molecule has 0 saturated heterocycles. The molecule has 0 fully saturated rings. The lowest BCUT2D eigenvalue weighted by Gasteiger charge is -2.12. The van der Waals surface area contributed by atoms with Crippen molar-refractivity contribution in [3.05, 3.63) is 53.6 Å². The predicted molar refractivity (Wildman–Crippen MR) is 80.8 cm³/mol. The van der Waals surface area contributed by atoms with Crippen molar-refractivity contribution >= 4 is 0 Å². The Morgan fingerprint density at radius 2 is 1.86 bits per heavy atom. The number of hydrogen-bond acceptors (Lipinski definition) is 4. The number of fused-ring (bicyclic) bond motifs is 1. The molecule has 0 aromatic heterocycles. The quantitative estimate of drug-likeness (QED) is 0.915. The van der Waals surface area contributed by atoms with Gasteiger partial charge in [0.2, 0.25) is 6.79 Å². The first-order valence-corrected chi connectivity index (χ1v) is 7.05. The second kappa shape index (κ2) is 6.06. The highest BCUT2D eigenvalue weighted by molar-refractivity contribution is 5.44. The summed E-state index contributed by atoms with van der Waals surface area (Å²) in [5.74, 6) is 2.44. The molecule has 4 heteroatoms. The van der Waals surface area contributed by atoms with Crippen LogP contribution < -0.4 is 19.5 Å². The molecule has 1 heterocycles. The van der Waals surface area contributed by atoms with Gasteiger partial charge in [0, 0.05) is 6.04 Å². The van der Waals surface area contributed by atoms with Gasteiger partial charge < -0.3 is 19.5 Å². The van der Waals surface area contributed by atoms with Crippen LogP contribution in [0.25, 0.3) is 0 Å². The van der Waals surface area contributed by atoms with E-state index in [2.05, 4.69) is 24.4 Å². The summed E-state index contributed by atoms with van der Waals surface area (Å²) in [6.45, 7) is 2.94. The van der Waals surface area contributed by atoms with Gasteiger partial charge in [0.05, 0.1) is 0 Å². The van der Waals surface area contributed by atoms with Gasteiger partial charge in [-0.25, -0.2) is 0 Å². The van der Waals surface area contributed by atoms with Crippen molar-refractivity contribution in [1.29, 1.82) is 0 Å². The van der Waals surface area contributed by atoms with Gasteiger partial charge in [-0.2, -0.15) is 0 Å². The average Bonchev–Trinajstić information content (AvgIpc) is 3.00. The lowest BCUT2D eigenvalue weighted by molar-refractivity contribution is 0.174. The molecule has 0 radical (unpaired) electrons. The molecule has 3 rings (SSSR count). The molecule has 1 aliphatic rings. The molecule has 110 valence electrons. The van der Waals surface area contributed by atoms with Crippen molar-refractivity contribution in [2.45, 2.75) is 19.6 Å². The normalized spacial score (nSPS) is 14.0. The van der Waals surface area contributed by atoms with E-state index in [1.807, 2.05) is 37.4 Å². The molecule has 0 bridgehead atoms. The Morgan fingerprint density at radius 3 is 2.62 bits per heavy atom. The second-order valence-electron chi connectivity index (χ2n) is 5.06. The minimum Gasteiger partial charge on any atom is -0.489 e. The van der Waals surface area contributed by atoms with Crippen LogP contribution in [0.15, 0.2) is 42.5 Å². The summed E-state index contributed by atoms with van der Waals surface area (Å²) in [7, 11) is 1.95. The highest BCUT2D eigenvalue weighted by Crippen LogP contribution is 2.32. The van der Waals surface area contributed by atoms with Gasteiger partial charge >= 0.3 is 0 Å². The maximum absolute atomic E-state index is 5.80. The van der Waals surface area contributed by atoms with Crippen LogP contribution in [0.4, 0.5) is 0 Å². The van der Waals surface area contributed by atoms with E-state index in [4.69, 9.17) is 14.2 Å². The molecule has 1 N–H and O–H groups in total. The monoisotopic (exact) mass is 285 g/mol. The Morgan fingerprint density at radius 1 is 1.10 bits per heavy atom. The van der Waals surface area contributed by atoms with Crippen LogP contribution in [-0.2, 0) is 6.61 Å². The summed E-state index contributed by atoms with van der Waals surface area (Å²) in [6, 6.07) is 14.4. The molecule has 2 aromatic rings. The summed E-state index contributed by atoms with van der Waals surface area (Å²) in [5, 5.41) is 3.22. The highest BCUT2D eigenvalue weighted by atomic mass is 16.7. The molecule has 2 aromatic carbocycles. The van der Waals surface area contributed by atoms with Gasteiger partial charge in [-0.05, 0) is 49.4 Å². The van der Waals surface area contributed by atoms with Gasteiger partial charge in [-0.1, -0.05) is 18.2 Å². The van der Waals surface area contributed by atoms with Crippen molar-refractivity contribution in [2.75, 3.05) is 13.8 Å². The van der Waals surface area contributed by atoms with E-state index in [-0.39, 0.29) is 0 Å². The van der Waals surface area contributed by atoms with Crippen molar-refractivity contribution in [1.82, 2.24) is 5.32 Å². The molecule has 1 aliphatic heterocycles. The Kier molecular flexibility index (Phi) is 3.97. The molecule has 1 atom stereocenters. The number of ether oxygens (including phenoxy) is 3. The summed E-state index contributed by atoms with van der Waals surface area (Å²) in [5.41, 5.74) is 2.31. The highest BCUT2D eigenvalue weighted by Gasteiger charge is 2.13. The summed E-state index contributed by atoms with van der Waals surface area (Å²) >= 11 is 0. The molecule has 0 aliphatic carbocycles. The third-order valence-electron chi connectivity index (χ3n) is 3.66. The Hall–Kier alpha value is -2.20. The fourth-order valence-electron chi connectivity index (χ4n) is 2.22. The van der Waals surface area contributed by atoms with Crippen molar-refractivity contribution in [2.24, 2.45) is 0 Å². The van der Waals surface area contributed by atoms with E-state index >= 15 is 0 Å². The summed E-state index contributed by atoms with van der Waals surface area (Å²) in [4.78, 5) is 0. The maximum atomic E-state index is 5.80. The van der Waals surface area contributed by atoms with E-state index < -0.39 is 0 Å². The van der Waals surface area contributed by atoms with Crippen LogP contribution in [-0.4, -0.2) is 13.8 Å². The molecular weight excluding hydrogens is 266 g/mol. The Balaban J connectivity index is 1.62. The van der Waals surface area contributed by atoms with Crippen LogP contribution in [0.3, 0.4) is 0 Å². The predicted octanol–water partition coefficient (Wildman–Crippen LogP) is 3.27. The van der Waals surface area contributed by atoms with Crippen molar-refractivity contribution < 1.29 is 14.2 Å². The van der Waals surface area contributed by atoms with Gasteiger partial charge in [-0.15, -0.1) is 0 Å². The van der Waals surface area contributed by atoms with Gasteiger partial charge in [0.1, 0.15) is 12.4 Å². The molecular formula is C17H19NO3. The number of nitrogens with one attached hydrogen (secondary N) is 1. The van der Waals surface area contributed by atoms with Gasteiger partial charge in [0.15, 0.2) is 11.5 Å². The Bertz CT molecular complexity index is 610. The fraction of sp³-hybridized carbons (Fsp3) is 0.294. The summed E-state index contributed by atoms with van der Waals surface area (Å²) < 4.78 is 16.5. The standard InChI is InChI=1S/C17H19NO3/c1-12(18-2)14-4-6-15(7-5-14)19-10-13-3-8-16-17(9-13)21-11-20-16/h3-9,12,18H,10-11H2,1-2H3. The third kappa shape index (κ3) is 3.11. The van der Waals surface area contributed by atoms with Crippen LogP contribution in [0.1, 0.15) is 24.1 Å². The van der Waals surface area contributed by atoms with E-state index in [9.17, 15) is 0 Å². The van der Waals surface area contributed by atoms with E-state index in [0.29, 0.717) is 19.4 Å². The smallest absolute Gasteiger partial charge is 0.231 e. The molecule has 21 heavy (non-hydrogen) atoms. The SMILES string of the molecule is CNC(C)c1ccc(OCc2ccc3c(c2)OCO3)cc1. The summed E-state index contributed by atoms with van der Waals surface area (Å²) in [6.07, 6.45) is 0. The topological polar surface area (TPSA) is 39.7 Å². The van der Waals surface area contributed by atoms with Gasteiger partial charge in [0.25, 0.3) is 0 Å². The zero-order chi connectivity index (χ0) is 14.7. The molecule has 0 spiro atoms. The van der Waals surface area contributed by atoms with Gasteiger partial charge in [-0.3, -0.25) is 0 Å². The lowest BCUT2D eigenvalue weighted by Crippen LogP contribution is -2.11. The Labute approximate surface area is 124 Å². The lowest BCUT2D eigenvalue weighted by atomic mass is 10.1. The number of benzene rings is 2. The third-order valence-corrected chi connectivity index (χ3v) is 3.66. The zero-order valence-electron chi connectivity index (χ0n) is 12.3. The number of hydrogen-bond donors (Lipinski definition) is 1. The van der Waals surface area contributed by atoms with Crippen molar-refractivity contribution in [3.8, 4) is 17.2 Å². The van der Waals surface area contributed by atoms with E-state index in [1.54, 1.807) is 0 Å². The first-order valence-electron chi connectivity index (χ1n) is 7.05. The first kappa shape index (κ1) is 13.8. The van der Waals surface area contributed by atoms with Crippen LogP contribution in [0.2, 0.25) is 0 Å². The number of rotatable bonds is 5. The zero-order valence-corrected chi connectivity index (χ0v) is 12.3. The van der Waals surface area contributed by atoms with Crippen LogP contribution in [0.5, 0.6) is 17.2 Å². The van der Waals surface area contributed by atoms with E-state index in [0.717, 1.165) is 22.8 Å². The van der Waals surface area contributed by atoms with Crippen LogP contribution in [0, 0.1) is 0 Å². The molecule has 0 saturated carbocycles. The molecule has 0 amide bonds. The van der Waals surface area contributed by atoms with Crippen LogP contribution >= 0.6 is 0 Å². The maximum Gasteiger partial charge on any atom is 0.231 e. The minimum atomic E-state index is 0.296. The molecule has 1 unspecified atom stereocenters. The average molecular weight is 285 g/mol. The minimum absolute atomic E-state index is 0.296. The van der Waals surface area contributed by atoms with E-state index in [1.165, 1.54) is 5.56 Å². The largest absolute Gasteiger partial charge is 0.489 e. The van der Waals surface area contributed by atoms with Crippen molar-refractivity contribution in [3.63, 3.8) is 0 Å². The first-order chi connectivity index (χ1) is 10.3. The fourth-order valence-corrected chi connectivity index (χ4v) is 2.22. The second-order valence-corrected chi connectivity index (χ2v) is 5.06.